The lowest BCUT2D eigenvalue weighted by Gasteiger charge is -2.20. The van der Waals surface area contributed by atoms with Gasteiger partial charge in [-0.1, -0.05) is 36.4 Å². The van der Waals surface area contributed by atoms with E-state index in [1.54, 1.807) is 44.2 Å². The number of carbonyl (C=O) groups is 3. The normalized spacial score (nSPS) is 12.8. The number of ether oxygens (including phenoxy) is 2. The minimum Gasteiger partial charge on any atom is -0.466 e. The number of benzene rings is 1. The van der Waals surface area contributed by atoms with E-state index in [0.717, 1.165) is 0 Å². The summed E-state index contributed by atoms with van der Waals surface area (Å²) in [5, 5.41) is 0. The topological polar surface area (TPSA) is 69.7 Å². The van der Waals surface area contributed by atoms with Crippen LogP contribution >= 0.6 is 0 Å². The zero-order chi connectivity index (χ0) is 16.5. The fourth-order valence-corrected chi connectivity index (χ4v) is 2.04. The van der Waals surface area contributed by atoms with Crippen molar-refractivity contribution < 1.29 is 23.9 Å². The molecule has 5 heteroatoms. The summed E-state index contributed by atoms with van der Waals surface area (Å²) in [4.78, 5) is 36.8. The molecule has 0 heterocycles. The van der Waals surface area contributed by atoms with Crippen LogP contribution in [-0.4, -0.2) is 30.9 Å². The third-order valence-electron chi connectivity index (χ3n) is 3.05. The zero-order valence-electron chi connectivity index (χ0n) is 12.8. The summed E-state index contributed by atoms with van der Waals surface area (Å²) in [6, 6.07) is 8.29. The highest BCUT2D eigenvalue weighted by Crippen LogP contribution is 2.22. The van der Waals surface area contributed by atoms with Gasteiger partial charge in [-0.25, -0.2) is 0 Å². The second-order valence-corrected chi connectivity index (χ2v) is 4.47. The van der Waals surface area contributed by atoms with Gasteiger partial charge in [-0.3, -0.25) is 14.4 Å². The van der Waals surface area contributed by atoms with Crippen molar-refractivity contribution in [3.63, 3.8) is 0 Å². The zero-order valence-corrected chi connectivity index (χ0v) is 12.8. The summed E-state index contributed by atoms with van der Waals surface area (Å²) in [5.74, 6) is -4.28. The Balaban J connectivity index is 3.17. The van der Waals surface area contributed by atoms with Crippen molar-refractivity contribution in [2.45, 2.75) is 13.8 Å². The van der Waals surface area contributed by atoms with E-state index >= 15 is 0 Å². The highest BCUT2D eigenvalue weighted by Gasteiger charge is 2.39. The van der Waals surface area contributed by atoms with Crippen molar-refractivity contribution in [1.29, 1.82) is 0 Å². The maximum absolute atomic E-state index is 12.6. The van der Waals surface area contributed by atoms with Gasteiger partial charge in [0, 0.05) is 5.56 Å². The van der Waals surface area contributed by atoms with Crippen LogP contribution in [0.15, 0.2) is 43.0 Å². The Morgan fingerprint density at radius 1 is 1.05 bits per heavy atom. The summed E-state index contributed by atoms with van der Waals surface area (Å²) in [7, 11) is 0. The SMILES string of the molecule is C=CC(C(=O)OCC)C(C(=O)OCC)C(=O)c1ccccc1. The molecule has 0 aliphatic carbocycles. The minimum absolute atomic E-state index is 0.115. The molecule has 1 aromatic rings. The predicted octanol–water partition coefficient (Wildman–Crippen LogP) is 2.41. The predicted molar refractivity (Wildman–Crippen MR) is 81.2 cm³/mol. The van der Waals surface area contributed by atoms with Crippen LogP contribution in [0.5, 0.6) is 0 Å². The van der Waals surface area contributed by atoms with Gasteiger partial charge in [0.25, 0.3) is 0 Å². The fraction of sp³-hybridized carbons (Fsp3) is 0.353. The van der Waals surface area contributed by atoms with Gasteiger partial charge in [-0.2, -0.15) is 0 Å². The van der Waals surface area contributed by atoms with E-state index in [1.807, 2.05) is 0 Å². The smallest absolute Gasteiger partial charge is 0.318 e. The van der Waals surface area contributed by atoms with Gasteiger partial charge in [-0.05, 0) is 13.8 Å². The highest BCUT2D eigenvalue weighted by atomic mass is 16.5. The van der Waals surface area contributed by atoms with Crippen LogP contribution < -0.4 is 0 Å². The number of hydrogen-bond donors (Lipinski definition) is 0. The van der Waals surface area contributed by atoms with Crippen LogP contribution in [-0.2, 0) is 19.1 Å². The molecular weight excluding hydrogens is 284 g/mol. The maximum atomic E-state index is 12.6. The van der Waals surface area contributed by atoms with Crippen LogP contribution in [0, 0.1) is 11.8 Å². The molecular formula is C17H20O5. The minimum atomic E-state index is -1.29. The summed E-state index contributed by atoms with van der Waals surface area (Å²) < 4.78 is 9.86. The van der Waals surface area contributed by atoms with Crippen LogP contribution in [0.1, 0.15) is 24.2 Å². The van der Waals surface area contributed by atoms with Crippen molar-refractivity contribution in [2.75, 3.05) is 13.2 Å². The van der Waals surface area contributed by atoms with Gasteiger partial charge in [0.15, 0.2) is 5.78 Å². The second kappa shape index (κ2) is 8.77. The number of esters is 2. The molecule has 0 saturated heterocycles. The first-order valence-electron chi connectivity index (χ1n) is 7.11. The number of Topliss-reactive ketones (excluding diaryl/α,β-unsaturated/α-hetero) is 1. The molecule has 22 heavy (non-hydrogen) atoms. The van der Waals surface area contributed by atoms with Crippen LogP contribution in [0.25, 0.3) is 0 Å². The summed E-state index contributed by atoms with van der Waals surface area (Å²) in [6.45, 7) is 7.09. The van der Waals surface area contributed by atoms with Crippen LogP contribution in [0.4, 0.5) is 0 Å². The number of ketones is 1. The van der Waals surface area contributed by atoms with E-state index < -0.39 is 29.6 Å². The number of rotatable bonds is 8. The molecule has 0 aromatic heterocycles. The molecule has 1 rings (SSSR count). The van der Waals surface area contributed by atoms with E-state index in [2.05, 4.69) is 6.58 Å². The maximum Gasteiger partial charge on any atom is 0.318 e. The molecule has 0 bridgehead atoms. The third kappa shape index (κ3) is 4.28. The lowest BCUT2D eigenvalue weighted by atomic mass is 9.85. The lowest BCUT2D eigenvalue weighted by Crippen LogP contribution is -2.37. The van der Waals surface area contributed by atoms with Crippen molar-refractivity contribution >= 4 is 17.7 Å². The first-order chi connectivity index (χ1) is 10.6. The van der Waals surface area contributed by atoms with E-state index in [4.69, 9.17) is 9.47 Å². The Kier molecular flexibility index (Phi) is 7.02. The average molecular weight is 304 g/mol. The number of hydrogen-bond acceptors (Lipinski definition) is 5. The van der Waals surface area contributed by atoms with E-state index in [1.165, 1.54) is 6.08 Å². The largest absolute Gasteiger partial charge is 0.466 e. The Morgan fingerprint density at radius 2 is 1.59 bits per heavy atom. The second-order valence-electron chi connectivity index (χ2n) is 4.47. The highest BCUT2D eigenvalue weighted by molar-refractivity contribution is 6.11. The Hall–Kier alpha value is -2.43. The van der Waals surface area contributed by atoms with Gasteiger partial charge >= 0.3 is 11.9 Å². The van der Waals surface area contributed by atoms with Gasteiger partial charge in [0.05, 0.1) is 19.1 Å². The van der Waals surface area contributed by atoms with E-state index in [9.17, 15) is 14.4 Å². The number of carbonyl (C=O) groups excluding carboxylic acids is 3. The first kappa shape index (κ1) is 17.6. The average Bonchev–Trinajstić information content (AvgIpc) is 2.53. The molecule has 0 aliphatic heterocycles. The molecule has 0 fully saturated rings. The van der Waals surface area contributed by atoms with Crippen molar-refractivity contribution in [3.8, 4) is 0 Å². The summed E-state index contributed by atoms with van der Waals surface area (Å²) in [6.07, 6.45) is 1.25. The van der Waals surface area contributed by atoms with Gasteiger partial charge in [-0.15, -0.1) is 6.58 Å². The summed E-state index contributed by atoms with van der Waals surface area (Å²) in [5.41, 5.74) is 0.330. The fourth-order valence-electron chi connectivity index (χ4n) is 2.04. The molecule has 1 aromatic carbocycles. The van der Waals surface area contributed by atoms with E-state index in [-0.39, 0.29) is 13.2 Å². The molecule has 0 spiro atoms. The van der Waals surface area contributed by atoms with Crippen molar-refractivity contribution in [3.05, 3.63) is 48.6 Å². The Morgan fingerprint density at radius 3 is 2.09 bits per heavy atom. The Labute approximate surface area is 129 Å². The van der Waals surface area contributed by atoms with Crippen molar-refractivity contribution in [2.24, 2.45) is 11.8 Å². The van der Waals surface area contributed by atoms with Crippen molar-refractivity contribution in [1.82, 2.24) is 0 Å². The monoisotopic (exact) mass is 304 g/mol. The molecule has 118 valence electrons. The molecule has 0 radical (unpaired) electrons. The van der Waals surface area contributed by atoms with Gasteiger partial charge < -0.3 is 9.47 Å². The van der Waals surface area contributed by atoms with Crippen LogP contribution in [0.3, 0.4) is 0 Å². The quantitative estimate of drug-likeness (QED) is 0.319. The molecule has 0 amide bonds. The standard InChI is InChI=1S/C17H20O5/c1-4-13(16(19)21-5-2)14(17(20)22-6-3)15(18)12-10-8-7-9-11-12/h4,7-11,13-14H,1,5-6H2,2-3H3. The lowest BCUT2D eigenvalue weighted by molar-refractivity contribution is -0.156. The third-order valence-corrected chi connectivity index (χ3v) is 3.05. The molecule has 0 N–H and O–H groups in total. The molecule has 2 unspecified atom stereocenters. The van der Waals surface area contributed by atoms with Crippen LogP contribution in [0.2, 0.25) is 0 Å². The first-order valence-corrected chi connectivity index (χ1v) is 7.11. The Bertz CT molecular complexity index is 535. The van der Waals surface area contributed by atoms with E-state index in [0.29, 0.717) is 5.56 Å². The molecule has 2 atom stereocenters. The summed E-state index contributed by atoms with van der Waals surface area (Å²) >= 11 is 0. The molecule has 0 aliphatic rings. The molecule has 0 saturated carbocycles. The molecule has 5 nitrogen and oxygen atoms in total. The van der Waals surface area contributed by atoms with Gasteiger partial charge in [0.2, 0.25) is 0 Å². The van der Waals surface area contributed by atoms with Gasteiger partial charge in [0.1, 0.15) is 5.92 Å².